The van der Waals surface area contributed by atoms with Crippen LogP contribution in [0, 0.1) is 11.3 Å². The molecule has 0 aromatic rings. The van der Waals surface area contributed by atoms with Gasteiger partial charge < -0.3 is 0 Å². The normalized spacial score (nSPS) is 18.8. The quantitative estimate of drug-likeness (QED) is 0.649. The first-order chi connectivity index (χ1) is 7.42. The Morgan fingerprint density at radius 2 is 2.00 bits per heavy atom. The highest BCUT2D eigenvalue weighted by molar-refractivity contribution is 5.79. The predicted molar refractivity (Wildman–Crippen MR) is 72.8 cm³/mol. The van der Waals surface area contributed by atoms with Crippen molar-refractivity contribution in [2.45, 2.75) is 53.9 Å². The molecule has 0 aromatic carbocycles. The van der Waals surface area contributed by atoms with E-state index in [1.54, 1.807) is 0 Å². The van der Waals surface area contributed by atoms with Crippen LogP contribution in [-0.2, 0) is 0 Å². The lowest BCUT2D eigenvalue weighted by atomic mass is 9.84. The minimum absolute atomic E-state index is 0.378. The standard InChI is InChI=1S/C15H25N/c1-6-13-8-7-9-14(16-11-13)12(2)10-15(3,4)5/h8-9,11-12H,6-7,10H2,1-5H3. The van der Waals surface area contributed by atoms with E-state index in [1.165, 1.54) is 17.7 Å². The molecule has 0 saturated carbocycles. The second-order valence-electron chi connectivity index (χ2n) is 5.92. The van der Waals surface area contributed by atoms with Gasteiger partial charge in [-0.25, -0.2) is 0 Å². The molecule has 0 amide bonds. The number of aliphatic imine (C=N–C) groups is 1. The van der Waals surface area contributed by atoms with Crippen LogP contribution in [0.2, 0.25) is 0 Å². The molecule has 0 bridgehead atoms. The summed E-state index contributed by atoms with van der Waals surface area (Å²) in [6.45, 7) is 11.3. The summed E-state index contributed by atoms with van der Waals surface area (Å²) >= 11 is 0. The van der Waals surface area contributed by atoms with E-state index in [0.717, 1.165) is 12.8 Å². The summed E-state index contributed by atoms with van der Waals surface area (Å²) in [5.41, 5.74) is 2.99. The lowest BCUT2D eigenvalue weighted by Gasteiger charge is -2.23. The highest BCUT2D eigenvalue weighted by Gasteiger charge is 2.18. The molecule has 0 saturated heterocycles. The molecule has 0 N–H and O–H groups in total. The monoisotopic (exact) mass is 219 g/mol. The third-order valence-corrected chi connectivity index (χ3v) is 2.92. The zero-order chi connectivity index (χ0) is 12.2. The topological polar surface area (TPSA) is 12.4 Å². The van der Waals surface area contributed by atoms with Crippen molar-refractivity contribution in [2.75, 3.05) is 0 Å². The Kier molecular flexibility index (Phi) is 4.52. The lowest BCUT2D eigenvalue weighted by molar-refractivity contribution is 0.328. The highest BCUT2D eigenvalue weighted by atomic mass is 14.7. The van der Waals surface area contributed by atoms with Gasteiger partial charge in [-0.1, -0.05) is 46.8 Å². The van der Waals surface area contributed by atoms with E-state index in [1.807, 2.05) is 6.21 Å². The van der Waals surface area contributed by atoms with E-state index in [4.69, 9.17) is 0 Å². The van der Waals surface area contributed by atoms with Crippen molar-refractivity contribution in [3.63, 3.8) is 0 Å². The zero-order valence-corrected chi connectivity index (χ0v) is 11.4. The first-order valence-corrected chi connectivity index (χ1v) is 6.35. The number of rotatable bonds is 3. The summed E-state index contributed by atoms with van der Waals surface area (Å²) in [5.74, 6) is 0.556. The van der Waals surface area contributed by atoms with Crippen LogP contribution in [0.5, 0.6) is 0 Å². The van der Waals surface area contributed by atoms with E-state index in [2.05, 4.69) is 51.8 Å². The summed E-state index contributed by atoms with van der Waals surface area (Å²) in [6.07, 6.45) is 9.90. The first-order valence-electron chi connectivity index (χ1n) is 6.35. The Bertz CT molecular complexity index is 313. The maximum absolute atomic E-state index is 4.63. The molecule has 0 radical (unpaired) electrons. The van der Waals surface area contributed by atoms with Crippen LogP contribution in [-0.4, -0.2) is 6.21 Å². The Morgan fingerprint density at radius 3 is 2.56 bits per heavy atom. The largest absolute Gasteiger partial charge is 0.261 e. The summed E-state index contributed by atoms with van der Waals surface area (Å²) in [7, 11) is 0. The SMILES string of the molecule is CCC1=CCC=C(C(C)CC(C)(C)C)N=C1. The molecule has 16 heavy (non-hydrogen) atoms. The van der Waals surface area contributed by atoms with Crippen LogP contribution in [0.3, 0.4) is 0 Å². The molecule has 90 valence electrons. The van der Waals surface area contributed by atoms with Gasteiger partial charge in [0.25, 0.3) is 0 Å². The molecule has 1 unspecified atom stereocenters. The minimum Gasteiger partial charge on any atom is -0.261 e. The van der Waals surface area contributed by atoms with Gasteiger partial charge in [0, 0.05) is 11.9 Å². The summed E-state index contributed by atoms with van der Waals surface area (Å²) in [5, 5.41) is 0. The third kappa shape index (κ3) is 4.34. The molecule has 1 heterocycles. The number of allylic oxidation sites excluding steroid dienone is 4. The van der Waals surface area contributed by atoms with E-state index < -0.39 is 0 Å². The predicted octanol–water partition coefficient (Wildman–Crippen LogP) is 4.75. The average molecular weight is 219 g/mol. The van der Waals surface area contributed by atoms with Crippen LogP contribution in [0.25, 0.3) is 0 Å². The van der Waals surface area contributed by atoms with Crippen molar-refractivity contribution >= 4 is 6.21 Å². The van der Waals surface area contributed by atoms with Crippen molar-refractivity contribution in [1.29, 1.82) is 0 Å². The van der Waals surface area contributed by atoms with Crippen molar-refractivity contribution < 1.29 is 0 Å². The summed E-state index contributed by atoms with van der Waals surface area (Å²) in [6, 6.07) is 0. The number of nitrogens with zero attached hydrogens (tertiary/aromatic N) is 1. The van der Waals surface area contributed by atoms with Gasteiger partial charge in [0.15, 0.2) is 0 Å². The fraction of sp³-hybridized carbons (Fsp3) is 0.667. The molecule has 1 aliphatic heterocycles. The van der Waals surface area contributed by atoms with E-state index in [0.29, 0.717) is 11.3 Å². The molecule has 0 spiro atoms. The van der Waals surface area contributed by atoms with Crippen molar-refractivity contribution in [3.05, 3.63) is 23.4 Å². The van der Waals surface area contributed by atoms with Crippen molar-refractivity contribution in [1.82, 2.24) is 0 Å². The van der Waals surface area contributed by atoms with Crippen LogP contribution in [0.1, 0.15) is 53.9 Å². The summed E-state index contributed by atoms with van der Waals surface area (Å²) < 4.78 is 0. The zero-order valence-electron chi connectivity index (χ0n) is 11.4. The van der Waals surface area contributed by atoms with Crippen molar-refractivity contribution in [2.24, 2.45) is 16.3 Å². The Labute approximate surface area is 100 Å². The molecule has 1 rings (SSSR count). The molecule has 1 atom stereocenters. The van der Waals surface area contributed by atoms with Gasteiger partial charge in [0.05, 0.1) is 0 Å². The van der Waals surface area contributed by atoms with Crippen LogP contribution >= 0.6 is 0 Å². The van der Waals surface area contributed by atoms with Gasteiger partial charge >= 0.3 is 0 Å². The third-order valence-electron chi connectivity index (χ3n) is 2.92. The fourth-order valence-corrected chi connectivity index (χ4v) is 2.18. The van der Waals surface area contributed by atoms with E-state index >= 15 is 0 Å². The van der Waals surface area contributed by atoms with Gasteiger partial charge in [0.2, 0.25) is 0 Å². The molecule has 1 nitrogen and oxygen atoms in total. The van der Waals surface area contributed by atoms with Crippen LogP contribution in [0.4, 0.5) is 0 Å². The molecular formula is C15H25N. The van der Waals surface area contributed by atoms with Gasteiger partial charge in [-0.15, -0.1) is 0 Å². The number of hydrogen-bond donors (Lipinski definition) is 0. The second kappa shape index (κ2) is 5.47. The molecular weight excluding hydrogens is 194 g/mol. The van der Waals surface area contributed by atoms with Gasteiger partial charge in [-0.05, 0) is 36.2 Å². The molecule has 1 heteroatoms. The van der Waals surface area contributed by atoms with E-state index in [9.17, 15) is 0 Å². The maximum Gasteiger partial charge on any atom is 0.0395 e. The fourth-order valence-electron chi connectivity index (χ4n) is 2.18. The van der Waals surface area contributed by atoms with Gasteiger partial charge in [0.1, 0.15) is 0 Å². The van der Waals surface area contributed by atoms with Crippen LogP contribution in [0.15, 0.2) is 28.4 Å². The lowest BCUT2D eigenvalue weighted by Crippen LogP contribution is -2.12. The van der Waals surface area contributed by atoms with E-state index in [-0.39, 0.29) is 0 Å². The van der Waals surface area contributed by atoms with Crippen molar-refractivity contribution in [3.8, 4) is 0 Å². The minimum atomic E-state index is 0.378. The highest BCUT2D eigenvalue weighted by Crippen LogP contribution is 2.29. The Hall–Kier alpha value is -0.850. The van der Waals surface area contributed by atoms with Gasteiger partial charge in [-0.3, -0.25) is 4.99 Å². The first kappa shape index (κ1) is 13.2. The maximum atomic E-state index is 4.63. The molecule has 0 fully saturated rings. The second-order valence-corrected chi connectivity index (χ2v) is 5.92. The van der Waals surface area contributed by atoms with Gasteiger partial charge in [-0.2, -0.15) is 0 Å². The molecule has 0 aliphatic carbocycles. The average Bonchev–Trinajstić information content (AvgIpc) is 2.39. The smallest absolute Gasteiger partial charge is 0.0395 e. The summed E-state index contributed by atoms with van der Waals surface area (Å²) in [4.78, 5) is 4.63. The molecule has 1 aliphatic rings. The Morgan fingerprint density at radius 1 is 1.31 bits per heavy atom. The molecule has 0 aromatic heterocycles. The van der Waals surface area contributed by atoms with Crippen LogP contribution < -0.4 is 0 Å². The Balaban J connectivity index is 2.66. The number of hydrogen-bond acceptors (Lipinski definition) is 1.